The van der Waals surface area contributed by atoms with E-state index in [9.17, 15) is 4.39 Å². The Bertz CT molecular complexity index is 581. The fourth-order valence-corrected chi connectivity index (χ4v) is 2.65. The zero-order valence-electron chi connectivity index (χ0n) is 11.2. The van der Waals surface area contributed by atoms with Gasteiger partial charge < -0.3 is 10.2 Å². The van der Waals surface area contributed by atoms with Crippen molar-refractivity contribution in [3.8, 4) is 0 Å². The Balaban J connectivity index is 1.77. The van der Waals surface area contributed by atoms with Gasteiger partial charge in [0.15, 0.2) is 5.65 Å². The SMILES string of the molecule is CC1CN(C)CCC1Nc1nc2ccc(F)cn2n1. The summed E-state index contributed by atoms with van der Waals surface area (Å²) in [6.07, 6.45) is 2.41. The molecule has 0 radical (unpaired) electrons. The van der Waals surface area contributed by atoms with Crippen LogP contribution in [0.5, 0.6) is 0 Å². The number of rotatable bonds is 2. The fraction of sp³-hybridized carbons (Fsp3) is 0.538. The molecule has 3 rings (SSSR count). The predicted molar refractivity (Wildman–Crippen MR) is 71.6 cm³/mol. The molecule has 2 aromatic heterocycles. The molecular weight excluding hydrogens is 245 g/mol. The zero-order valence-corrected chi connectivity index (χ0v) is 11.2. The van der Waals surface area contributed by atoms with Gasteiger partial charge >= 0.3 is 0 Å². The molecule has 2 aromatic rings. The van der Waals surface area contributed by atoms with Gasteiger partial charge in [-0.3, -0.25) is 0 Å². The van der Waals surface area contributed by atoms with E-state index in [0.717, 1.165) is 19.5 Å². The number of piperidine rings is 1. The summed E-state index contributed by atoms with van der Waals surface area (Å²) in [6.45, 7) is 4.37. The summed E-state index contributed by atoms with van der Waals surface area (Å²) in [5.41, 5.74) is 0.657. The van der Waals surface area contributed by atoms with E-state index in [1.165, 1.54) is 16.8 Å². The normalized spacial score (nSPS) is 24.8. The van der Waals surface area contributed by atoms with E-state index in [-0.39, 0.29) is 5.82 Å². The van der Waals surface area contributed by atoms with Gasteiger partial charge in [-0.1, -0.05) is 6.92 Å². The third kappa shape index (κ3) is 2.53. The van der Waals surface area contributed by atoms with Gasteiger partial charge in [-0.05, 0) is 38.1 Å². The number of aromatic nitrogens is 3. The molecule has 1 fully saturated rings. The summed E-state index contributed by atoms with van der Waals surface area (Å²) < 4.78 is 14.6. The molecule has 0 amide bonds. The molecule has 5 nitrogen and oxygen atoms in total. The van der Waals surface area contributed by atoms with Crippen molar-refractivity contribution >= 4 is 11.6 Å². The van der Waals surface area contributed by atoms with Gasteiger partial charge in [-0.15, -0.1) is 5.10 Å². The highest BCUT2D eigenvalue weighted by atomic mass is 19.1. The molecule has 19 heavy (non-hydrogen) atoms. The topological polar surface area (TPSA) is 45.5 Å². The van der Waals surface area contributed by atoms with Crippen molar-refractivity contribution in [2.75, 3.05) is 25.5 Å². The number of nitrogens with one attached hydrogen (secondary N) is 1. The van der Waals surface area contributed by atoms with E-state index >= 15 is 0 Å². The highest BCUT2D eigenvalue weighted by molar-refractivity contribution is 5.43. The van der Waals surface area contributed by atoms with Gasteiger partial charge in [0.1, 0.15) is 5.82 Å². The van der Waals surface area contributed by atoms with Crippen LogP contribution in [0, 0.1) is 11.7 Å². The Hall–Kier alpha value is -1.69. The average molecular weight is 263 g/mol. The van der Waals surface area contributed by atoms with Gasteiger partial charge in [0.2, 0.25) is 5.95 Å². The number of fused-ring (bicyclic) bond motifs is 1. The van der Waals surface area contributed by atoms with Crippen LogP contribution in [0.4, 0.5) is 10.3 Å². The standard InChI is InChI=1S/C13H18FN5/c1-9-7-18(2)6-5-11(9)15-13-16-12-4-3-10(14)8-19(12)17-13/h3-4,8-9,11H,5-7H2,1-2H3,(H,15,17). The number of hydrogen-bond donors (Lipinski definition) is 1. The quantitative estimate of drug-likeness (QED) is 0.894. The van der Waals surface area contributed by atoms with Crippen molar-refractivity contribution in [3.63, 3.8) is 0 Å². The third-order valence-electron chi connectivity index (χ3n) is 3.72. The molecule has 2 atom stereocenters. The van der Waals surface area contributed by atoms with Crippen LogP contribution < -0.4 is 5.32 Å². The largest absolute Gasteiger partial charge is 0.350 e. The summed E-state index contributed by atoms with van der Waals surface area (Å²) in [5, 5.41) is 7.63. The summed E-state index contributed by atoms with van der Waals surface area (Å²) >= 11 is 0. The molecule has 2 unspecified atom stereocenters. The maximum Gasteiger partial charge on any atom is 0.243 e. The number of pyridine rings is 1. The van der Waals surface area contributed by atoms with Crippen LogP contribution in [0.2, 0.25) is 0 Å². The van der Waals surface area contributed by atoms with Gasteiger partial charge in [0.05, 0.1) is 6.20 Å². The fourth-order valence-electron chi connectivity index (χ4n) is 2.65. The maximum absolute atomic E-state index is 13.1. The van der Waals surface area contributed by atoms with Gasteiger partial charge in [0.25, 0.3) is 0 Å². The van der Waals surface area contributed by atoms with Crippen molar-refractivity contribution in [1.82, 2.24) is 19.5 Å². The number of likely N-dealkylation sites (tertiary alicyclic amines) is 1. The summed E-state index contributed by atoms with van der Waals surface area (Å²) in [4.78, 5) is 6.69. The number of anilines is 1. The highest BCUT2D eigenvalue weighted by Gasteiger charge is 2.24. The lowest BCUT2D eigenvalue weighted by Gasteiger charge is -2.34. The predicted octanol–water partition coefficient (Wildman–Crippen LogP) is 1.62. The Kier molecular flexibility index (Phi) is 3.10. The van der Waals surface area contributed by atoms with Gasteiger partial charge in [-0.2, -0.15) is 4.98 Å². The van der Waals surface area contributed by atoms with E-state index in [0.29, 0.717) is 23.6 Å². The maximum atomic E-state index is 13.1. The van der Waals surface area contributed by atoms with Crippen LogP contribution in [0.1, 0.15) is 13.3 Å². The number of hydrogen-bond acceptors (Lipinski definition) is 4. The smallest absolute Gasteiger partial charge is 0.243 e. The minimum absolute atomic E-state index is 0.309. The van der Waals surface area contributed by atoms with Crippen molar-refractivity contribution < 1.29 is 4.39 Å². The zero-order chi connectivity index (χ0) is 13.4. The molecule has 1 aliphatic heterocycles. The second-order valence-corrected chi connectivity index (χ2v) is 5.36. The molecular formula is C13H18FN5. The van der Waals surface area contributed by atoms with Crippen molar-refractivity contribution in [3.05, 3.63) is 24.1 Å². The Morgan fingerprint density at radius 1 is 1.42 bits per heavy atom. The molecule has 1 saturated heterocycles. The Morgan fingerprint density at radius 3 is 3.05 bits per heavy atom. The highest BCUT2D eigenvalue weighted by Crippen LogP contribution is 2.19. The number of nitrogens with zero attached hydrogens (tertiary/aromatic N) is 4. The molecule has 0 bridgehead atoms. The van der Waals surface area contributed by atoms with Crippen molar-refractivity contribution in [2.45, 2.75) is 19.4 Å². The second-order valence-electron chi connectivity index (χ2n) is 5.36. The minimum Gasteiger partial charge on any atom is -0.350 e. The van der Waals surface area contributed by atoms with Gasteiger partial charge in [0, 0.05) is 12.6 Å². The lowest BCUT2D eigenvalue weighted by molar-refractivity contribution is 0.206. The monoisotopic (exact) mass is 263 g/mol. The lowest BCUT2D eigenvalue weighted by Crippen LogP contribution is -2.43. The molecule has 0 aliphatic carbocycles. The molecule has 102 valence electrons. The van der Waals surface area contributed by atoms with Crippen LogP contribution in [-0.2, 0) is 0 Å². The molecule has 6 heteroatoms. The van der Waals surface area contributed by atoms with Crippen LogP contribution >= 0.6 is 0 Å². The van der Waals surface area contributed by atoms with E-state index in [1.807, 2.05) is 0 Å². The van der Waals surface area contributed by atoms with Crippen molar-refractivity contribution in [1.29, 1.82) is 0 Å². The Labute approximate surface area is 111 Å². The van der Waals surface area contributed by atoms with E-state index in [4.69, 9.17) is 0 Å². The van der Waals surface area contributed by atoms with E-state index in [2.05, 4.69) is 34.3 Å². The first kappa shape index (κ1) is 12.3. The van der Waals surface area contributed by atoms with Crippen LogP contribution in [-0.4, -0.2) is 45.7 Å². The molecule has 1 aliphatic rings. The van der Waals surface area contributed by atoms with Crippen LogP contribution in [0.15, 0.2) is 18.3 Å². The molecule has 1 N–H and O–H groups in total. The van der Waals surface area contributed by atoms with Crippen molar-refractivity contribution in [2.24, 2.45) is 5.92 Å². The lowest BCUT2D eigenvalue weighted by atomic mass is 9.94. The third-order valence-corrected chi connectivity index (χ3v) is 3.72. The summed E-state index contributed by atoms with van der Waals surface area (Å²) in [6, 6.07) is 3.40. The molecule has 0 saturated carbocycles. The summed E-state index contributed by atoms with van der Waals surface area (Å²) in [7, 11) is 2.14. The van der Waals surface area contributed by atoms with E-state index < -0.39 is 0 Å². The first-order valence-electron chi connectivity index (χ1n) is 6.59. The van der Waals surface area contributed by atoms with Crippen LogP contribution in [0.25, 0.3) is 5.65 Å². The first-order valence-corrected chi connectivity index (χ1v) is 6.59. The van der Waals surface area contributed by atoms with E-state index in [1.54, 1.807) is 6.07 Å². The average Bonchev–Trinajstić information content (AvgIpc) is 2.74. The molecule has 0 spiro atoms. The van der Waals surface area contributed by atoms with Gasteiger partial charge in [-0.25, -0.2) is 8.91 Å². The second kappa shape index (κ2) is 4.77. The molecule has 3 heterocycles. The minimum atomic E-state index is -0.309. The van der Waals surface area contributed by atoms with Crippen LogP contribution in [0.3, 0.4) is 0 Å². The Morgan fingerprint density at radius 2 is 2.26 bits per heavy atom. The molecule has 0 aromatic carbocycles. The first-order chi connectivity index (χ1) is 9.11. The summed E-state index contributed by atoms with van der Waals surface area (Å²) in [5.74, 6) is 0.811. The number of halogens is 1.